The van der Waals surface area contributed by atoms with E-state index in [1.54, 1.807) is 0 Å². The van der Waals surface area contributed by atoms with Crippen molar-refractivity contribution < 1.29 is 0 Å². The highest BCUT2D eigenvalue weighted by Crippen LogP contribution is 2.23. The average Bonchev–Trinajstić information content (AvgIpc) is 2.39. The second kappa shape index (κ2) is 5.81. The molecule has 0 radical (unpaired) electrons. The van der Waals surface area contributed by atoms with Gasteiger partial charge >= 0.3 is 0 Å². The molecule has 0 amide bonds. The molecule has 0 aliphatic heterocycles. The van der Waals surface area contributed by atoms with Gasteiger partial charge in [-0.15, -0.1) is 23.1 Å². The van der Waals surface area contributed by atoms with E-state index in [0.29, 0.717) is 0 Å². The van der Waals surface area contributed by atoms with Crippen LogP contribution in [0.5, 0.6) is 0 Å². The van der Waals surface area contributed by atoms with Gasteiger partial charge in [0.05, 0.1) is 0 Å². The van der Waals surface area contributed by atoms with Gasteiger partial charge in [0.2, 0.25) is 0 Å². The van der Waals surface area contributed by atoms with Crippen LogP contribution in [0, 0.1) is 6.92 Å². The summed E-state index contributed by atoms with van der Waals surface area (Å²) in [5.41, 5.74) is 0. The molecular weight excluding hydrogens is 160 g/mol. The van der Waals surface area contributed by atoms with Gasteiger partial charge in [0.25, 0.3) is 0 Å². The highest BCUT2D eigenvalue weighted by Gasteiger charge is 1.93. The third-order valence-corrected chi connectivity index (χ3v) is 2.89. The zero-order valence-corrected chi connectivity index (χ0v) is 8.60. The van der Waals surface area contributed by atoms with E-state index in [4.69, 9.17) is 0 Å². The van der Waals surface area contributed by atoms with Crippen molar-refractivity contribution in [3.05, 3.63) is 16.3 Å². The lowest BCUT2D eigenvalue weighted by Gasteiger charge is -1.87. The number of hydrogen-bond acceptors (Lipinski definition) is 2. The fourth-order valence-corrected chi connectivity index (χ4v) is 2.15. The van der Waals surface area contributed by atoms with Gasteiger partial charge in [-0.25, -0.2) is 0 Å². The molecule has 1 heterocycles. The van der Waals surface area contributed by atoms with Crippen molar-refractivity contribution >= 4 is 23.1 Å². The van der Waals surface area contributed by atoms with Crippen molar-refractivity contribution in [2.24, 2.45) is 0 Å². The predicted molar refractivity (Wildman–Crippen MR) is 52.2 cm³/mol. The second-order valence-corrected chi connectivity index (χ2v) is 3.51. The monoisotopic (exact) mass is 174 g/mol. The van der Waals surface area contributed by atoms with Crippen molar-refractivity contribution in [2.45, 2.75) is 25.7 Å². The van der Waals surface area contributed by atoms with Gasteiger partial charge in [0, 0.05) is 9.77 Å². The standard InChI is InChI=1S/C6H8S2.C2H6/c1-5-6(7-2)3-4-8-5;1-2/h3-4H,1-2H3;1-2H3. The van der Waals surface area contributed by atoms with Gasteiger partial charge < -0.3 is 0 Å². The quantitative estimate of drug-likeness (QED) is 0.583. The average molecular weight is 174 g/mol. The molecule has 0 saturated heterocycles. The lowest BCUT2D eigenvalue weighted by atomic mass is 10.5. The maximum atomic E-state index is 2.16. The molecule has 0 aliphatic rings. The van der Waals surface area contributed by atoms with Crippen LogP contribution in [-0.2, 0) is 0 Å². The maximum absolute atomic E-state index is 2.16. The SMILES string of the molecule is CC.CSc1ccsc1C. The van der Waals surface area contributed by atoms with E-state index in [-0.39, 0.29) is 0 Å². The number of thiophene rings is 1. The first kappa shape index (κ1) is 10.0. The van der Waals surface area contributed by atoms with Crippen molar-refractivity contribution in [3.63, 3.8) is 0 Å². The molecule has 0 aliphatic carbocycles. The molecule has 0 bridgehead atoms. The molecule has 0 unspecified atom stereocenters. The van der Waals surface area contributed by atoms with E-state index < -0.39 is 0 Å². The van der Waals surface area contributed by atoms with Gasteiger partial charge in [-0.3, -0.25) is 0 Å². The molecule has 1 aromatic rings. The Balaban J connectivity index is 0.000000371. The first-order valence-electron chi connectivity index (χ1n) is 3.42. The molecule has 58 valence electrons. The van der Waals surface area contributed by atoms with E-state index in [9.17, 15) is 0 Å². The Morgan fingerprint density at radius 1 is 1.40 bits per heavy atom. The summed E-state index contributed by atoms with van der Waals surface area (Å²) in [4.78, 5) is 2.84. The summed E-state index contributed by atoms with van der Waals surface area (Å²) < 4.78 is 0. The number of aryl methyl sites for hydroxylation is 1. The Morgan fingerprint density at radius 2 is 2.00 bits per heavy atom. The highest BCUT2D eigenvalue weighted by molar-refractivity contribution is 7.98. The molecule has 0 nitrogen and oxygen atoms in total. The van der Waals surface area contributed by atoms with Gasteiger partial charge in [0.15, 0.2) is 0 Å². The van der Waals surface area contributed by atoms with E-state index in [2.05, 4.69) is 24.6 Å². The van der Waals surface area contributed by atoms with Crippen LogP contribution >= 0.6 is 23.1 Å². The normalized spacial score (nSPS) is 8.40. The Morgan fingerprint density at radius 3 is 2.20 bits per heavy atom. The largest absolute Gasteiger partial charge is 0.148 e. The molecule has 0 fully saturated rings. The zero-order valence-electron chi connectivity index (χ0n) is 6.97. The van der Waals surface area contributed by atoms with E-state index in [1.165, 1.54) is 9.77 Å². The minimum Gasteiger partial charge on any atom is -0.148 e. The van der Waals surface area contributed by atoms with Gasteiger partial charge in [-0.05, 0) is 24.6 Å². The Kier molecular flexibility index (Phi) is 5.84. The summed E-state index contributed by atoms with van der Waals surface area (Å²) in [6, 6.07) is 2.16. The third-order valence-electron chi connectivity index (χ3n) is 1.03. The van der Waals surface area contributed by atoms with Gasteiger partial charge in [-0.2, -0.15) is 0 Å². The van der Waals surface area contributed by atoms with E-state index in [1.807, 2.05) is 36.9 Å². The van der Waals surface area contributed by atoms with Crippen LogP contribution in [0.15, 0.2) is 16.3 Å². The van der Waals surface area contributed by atoms with Crippen molar-refractivity contribution in [2.75, 3.05) is 6.26 Å². The highest BCUT2D eigenvalue weighted by atomic mass is 32.2. The number of rotatable bonds is 1. The first-order chi connectivity index (χ1) is 4.84. The van der Waals surface area contributed by atoms with Crippen LogP contribution in [-0.4, -0.2) is 6.26 Å². The summed E-state index contributed by atoms with van der Waals surface area (Å²) in [5, 5.41) is 2.13. The topological polar surface area (TPSA) is 0 Å². The second-order valence-electron chi connectivity index (χ2n) is 1.55. The minimum absolute atomic E-state index is 1.41. The van der Waals surface area contributed by atoms with Gasteiger partial charge in [0.1, 0.15) is 0 Å². The van der Waals surface area contributed by atoms with Crippen LogP contribution in [0.3, 0.4) is 0 Å². The van der Waals surface area contributed by atoms with E-state index in [0.717, 1.165) is 0 Å². The first-order valence-corrected chi connectivity index (χ1v) is 5.53. The van der Waals surface area contributed by atoms with Crippen molar-refractivity contribution in [1.29, 1.82) is 0 Å². The molecule has 2 heteroatoms. The zero-order chi connectivity index (χ0) is 7.98. The number of hydrogen-bond donors (Lipinski definition) is 0. The Bertz CT molecular complexity index is 168. The van der Waals surface area contributed by atoms with Crippen molar-refractivity contribution in [1.82, 2.24) is 0 Å². The molecule has 0 N–H and O–H groups in total. The van der Waals surface area contributed by atoms with E-state index >= 15 is 0 Å². The Hall–Kier alpha value is 0.0500. The van der Waals surface area contributed by atoms with Crippen LogP contribution in [0.2, 0.25) is 0 Å². The molecule has 0 aromatic carbocycles. The minimum atomic E-state index is 1.41. The summed E-state index contributed by atoms with van der Waals surface area (Å²) in [6.45, 7) is 6.15. The van der Waals surface area contributed by atoms with Crippen LogP contribution in [0.4, 0.5) is 0 Å². The van der Waals surface area contributed by atoms with Crippen LogP contribution < -0.4 is 0 Å². The summed E-state index contributed by atoms with van der Waals surface area (Å²) in [6.07, 6.45) is 2.11. The maximum Gasteiger partial charge on any atom is 0.0205 e. The third kappa shape index (κ3) is 2.76. The van der Waals surface area contributed by atoms with Crippen molar-refractivity contribution in [3.8, 4) is 0 Å². The molecular formula is C8H14S2. The number of thioether (sulfide) groups is 1. The predicted octanol–water partition coefficient (Wildman–Crippen LogP) is 3.80. The molecule has 0 spiro atoms. The fourth-order valence-electron chi connectivity index (χ4n) is 0.585. The molecule has 0 saturated carbocycles. The van der Waals surface area contributed by atoms with Crippen LogP contribution in [0.1, 0.15) is 18.7 Å². The summed E-state index contributed by atoms with van der Waals surface area (Å²) in [7, 11) is 0. The lowest BCUT2D eigenvalue weighted by molar-refractivity contribution is 1.43. The summed E-state index contributed by atoms with van der Waals surface area (Å²) in [5.74, 6) is 0. The molecule has 0 atom stereocenters. The Labute approximate surface area is 71.7 Å². The smallest absolute Gasteiger partial charge is 0.0205 e. The fraction of sp³-hybridized carbons (Fsp3) is 0.500. The summed E-state index contributed by atoms with van der Waals surface area (Å²) >= 11 is 3.62. The molecule has 1 rings (SSSR count). The lowest BCUT2D eigenvalue weighted by Crippen LogP contribution is -1.61. The molecule has 1 aromatic heterocycles. The van der Waals surface area contributed by atoms with Gasteiger partial charge in [-0.1, -0.05) is 13.8 Å². The molecule has 10 heavy (non-hydrogen) atoms. The van der Waals surface area contributed by atoms with Crippen LogP contribution in [0.25, 0.3) is 0 Å².